The lowest BCUT2D eigenvalue weighted by Crippen LogP contribution is -2.44. The molecule has 2 aliphatic rings. The highest BCUT2D eigenvalue weighted by molar-refractivity contribution is 6.74. The summed E-state index contributed by atoms with van der Waals surface area (Å²) >= 11 is 0. The van der Waals surface area contributed by atoms with E-state index in [0.29, 0.717) is 23.1 Å². The van der Waals surface area contributed by atoms with Crippen LogP contribution in [0.3, 0.4) is 0 Å². The highest BCUT2D eigenvalue weighted by Crippen LogP contribution is 2.51. The molecule has 0 amide bonds. The van der Waals surface area contributed by atoms with E-state index in [1.54, 1.807) is 24.3 Å². The molecule has 0 spiro atoms. The average molecular weight is 723 g/mol. The van der Waals surface area contributed by atoms with Crippen molar-refractivity contribution in [3.63, 3.8) is 0 Å². The third-order valence-electron chi connectivity index (χ3n) is 9.63. The molecule has 0 N–H and O–H groups in total. The highest BCUT2D eigenvalue weighted by atomic mass is 28.4. The van der Waals surface area contributed by atoms with Crippen molar-refractivity contribution in [2.45, 2.75) is 64.6 Å². The molecule has 0 fully saturated rings. The molecule has 0 bridgehead atoms. The molecule has 3 aromatic rings. The van der Waals surface area contributed by atoms with Gasteiger partial charge in [-0.05, 0) is 49.3 Å². The Balaban J connectivity index is 1.80. The summed E-state index contributed by atoms with van der Waals surface area (Å²) in [6.45, 7) is 11.8. The molecular weight excluding hydrogens is 676 g/mol. The number of allylic oxidation sites excluding steroid dienone is 2. The summed E-state index contributed by atoms with van der Waals surface area (Å²) in [7, 11) is 4.75. The number of methoxy groups -OCH3 is 5. The topological polar surface area (TPSA) is 134 Å². The maximum atomic E-state index is 14.9. The molecule has 0 saturated heterocycles. The maximum Gasteiger partial charge on any atom is 0.250 e. The Kier molecular flexibility index (Phi) is 11.0. The van der Waals surface area contributed by atoms with Crippen molar-refractivity contribution in [2.75, 3.05) is 49.1 Å². The van der Waals surface area contributed by atoms with Crippen molar-refractivity contribution < 1.29 is 56.7 Å². The van der Waals surface area contributed by atoms with E-state index >= 15 is 0 Å². The average Bonchev–Trinajstić information content (AvgIpc) is 3.09. The van der Waals surface area contributed by atoms with Crippen LogP contribution in [-0.4, -0.2) is 80.9 Å². The molecule has 2 atom stereocenters. The molecular formula is C38H46O12Si. The van der Waals surface area contributed by atoms with Gasteiger partial charge in [-0.3, -0.25) is 14.4 Å². The Bertz CT molecular complexity index is 1910. The predicted molar refractivity (Wildman–Crippen MR) is 191 cm³/mol. The summed E-state index contributed by atoms with van der Waals surface area (Å²) in [5.41, 5.74) is 0.833. The number of carbonyl (C=O) groups is 3. The van der Waals surface area contributed by atoms with Crippen LogP contribution in [0, 0.1) is 0 Å². The molecule has 13 heteroatoms. The largest absolute Gasteiger partial charge is 0.540 e. The minimum absolute atomic E-state index is 0.0306. The lowest BCUT2D eigenvalue weighted by atomic mass is 9.81. The molecule has 51 heavy (non-hydrogen) atoms. The third kappa shape index (κ3) is 6.76. The van der Waals surface area contributed by atoms with Crippen LogP contribution in [0.15, 0.2) is 35.9 Å². The summed E-state index contributed by atoms with van der Waals surface area (Å²) < 4.78 is 52.9. The molecule has 1 aliphatic heterocycles. The van der Waals surface area contributed by atoms with Crippen LogP contribution in [-0.2, 0) is 25.4 Å². The van der Waals surface area contributed by atoms with E-state index in [1.165, 1.54) is 35.5 Å². The Labute approximate surface area is 299 Å². The monoisotopic (exact) mass is 722 g/mol. The standard InChI is InChI=1S/C38H46O12Si/c1-20-16-23-30(37(46-9)49-20)36(48-19-43-6)29-22(34(23)47-18-42-5)13-12-21-25(39)17-24(32(40)28(21)29)33(41)31-26(44-7)14-15-27(45-8)35(31)50-51(10,11)38(2,3)4/h12-15,17,20,37H,16,18-19H2,1-11H3. The fraction of sp³-hybridized carbons (Fsp3) is 0.447. The number of Topliss-reactive ketones (excluding diaryl/α,β-unsaturated/α-hetero) is 2. The van der Waals surface area contributed by atoms with E-state index < -0.39 is 32.0 Å². The summed E-state index contributed by atoms with van der Waals surface area (Å²) in [4.78, 5) is 43.6. The van der Waals surface area contributed by atoms with Crippen LogP contribution in [0.5, 0.6) is 28.7 Å². The van der Waals surface area contributed by atoms with E-state index in [0.717, 1.165) is 11.6 Å². The second-order valence-electron chi connectivity index (χ2n) is 13.9. The van der Waals surface area contributed by atoms with Gasteiger partial charge in [-0.1, -0.05) is 20.8 Å². The van der Waals surface area contributed by atoms with Crippen LogP contribution in [0.25, 0.3) is 10.8 Å². The van der Waals surface area contributed by atoms with Crippen molar-refractivity contribution >= 4 is 36.4 Å². The summed E-state index contributed by atoms with van der Waals surface area (Å²) in [6, 6.07) is 6.46. The van der Waals surface area contributed by atoms with E-state index in [9.17, 15) is 14.4 Å². The Hall–Kier alpha value is -4.27. The van der Waals surface area contributed by atoms with E-state index in [-0.39, 0.29) is 75.4 Å². The summed E-state index contributed by atoms with van der Waals surface area (Å²) in [5, 5.41) is 0.453. The van der Waals surface area contributed by atoms with Gasteiger partial charge in [0.15, 0.2) is 42.9 Å². The molecule has 5 rings (SSSR count). The number of carbonyl (C=O) groups excluding carboxylic acids is 3. The number of ether oxygens (including phenoxy) is 8. The van der Waals surface area contributed by atoms with E-state index in [4.69, 9.17) is 42.3 Å². The minimum Gasteiger partial charge on any atom is -0.540 e. The molecule has 0 radical (unpaired) electrons. The molecule has 12 nitrogen and oxygen atoms in total. The first-order valence-corrected chi connectivity index (χ1v) is 19.4. The summed E-state index contributed by atoms with van der Waals surface area (Å²) in [5.74, 6) is -0.823. The van der Waals surface area contributed by atoms with Crippen molar-refractivity contribution in [3.8, 4) is 28.7 Å². The van der Waals surface area contributed by atoms with Gasteiger partial charge in [0.05, 0.1) is 31.5 Å². The molecule has 3 aromatic carbocycles. The lowest BCUT2D eigenvalue weighted by molar-refractivity contribution is -0.164. The first-order chi connectivity index (χ1) is 24.1. The molecule has 1 heterocycles. The number of hydrogen-bond donors (Lipinski definition) is 0. The van der Waals surface area contributed by atoms with Crippen molar-refractivity contribution in [1.29, 1.82) is 0 Å². The van der Waals surface area contributed by atoms with E-state index in [1.807, 2.05) is 20.0 Å². The molecule has 1 aliphatic carbocycles. The zero-order valence-electron chi connectivity index (χ0n) is 31.1. The first-order valence-electron chi connectivity index (χ1n) is 16.5. The quantitative estimate of drug-likeness (QED) is 0.0778. The number of rotatable bonds is 13. The molecule has 0 aromatic heterocycles. The van der Waals surface area contributed by atoms with Crippen LogP contribution in [0.1, 0.15) is 76.2 Å². The normalized spacial score (nSPS) is 17.4. The molecule has 274 valence electrons. The van der Waals surface area contributed by atoms with Gasteiger partial charge < -0.3 is 42.3 Å². The SMILES string of the molecule is COCOc1c2c(c(OCOC)c3c4c(ccc13)C(=O)C=C(C(=O)c1c(OC)ccc(OC)c1O[Si](C)(C)C(C)(C)C)C4=O)C(OC)OC(C)C2. The van der Waals surface area contributed by atoms with Crippen LogP contribution in [0.4, 0.5) is 0 Å². The zero-order valence-corrected chi connectivity index (χ0v) is 32.1. The van der Waals surface area contributed by atoms with Crippen LogP contribution >= 0.6 is 0 Å². The number of hydrogen-bond acceptors (Lipinski definition) is 12. The van der Waals surface area contributed by atoms with Gasteiger partial charge >= 0.3 is 0 Å². The first kappa shape index (κ1) is 38.0. The number of ketones is 3. The fourth-order valence-corrected chi connectivity index (χ4v) is 7.15. The third-order valence-corrected chi connectivity index (χ3v) is 14.0. The maximum absolute atomic E-state index is 14.9. The summed E-state index contributed by atoms with van der Waals surface area (Å²) in [6.07, 6.45) is 0.317. The van der Waals surface area contributed by atoms with Crippen molar-refractivity contribution in [2.24, 2.45) is 0 Å². The predicted octanol–water partition coefficient (Wildman–Crippen LogP) is 7.00. The van der Waals surface area contributed by atoms with Crippen LogP contribution in [0.2, 0.25) is 18.1 Å². The number of benzene rings is 3. The van der Waals surface area contributed by atoms with E-state index in [2.05, 4.69) is 20.8 Å². The molecule has 2 unspecified atom stereocenters. The second kappa shape index (κ2) is 14.8. The minimum atomic E-state index is -2.58. The second-order valence-corrected chi connectivity index (χ2v) is 18.6. The van der Waals surface area contributed by atoms with Gasteiger partial charge in [-0.15, -0.1) is 0 Å². The van der Waals surface area contributed by atoms with Gasteiger partial charge in [0, 0.05) is 61.3 Å². The van der Waals surface area contributed by atoms with Crippen LogP contribution < -0.4 is 23.4 Å². The lowest BCUT2D eigenvalue weighted by Gasteiger charge is -2.37. The smallest absolute Gasteiger partial charge is 0.250 e. The van der Waals surface area contributed by atoms with Gasteiger partial charge in [0.25, 0.3) is 8.32 Å². The van der Waals surface area contributed by atoms with Gasteiger partial charge in [-0.25, -0.2) is 0 Å². The zero-order chi connectivity index (χ0) is 37.4. The van der Waals surface area contributed by atoms with Gasteiger partial charge in [0.2, 0.25) is 5.78 Å². The van der Waals surface area contributed by atoms with Gasteiger partial charge in [0.1, 0.15) is 22.8 Å². The number of fused-ring (bicyclic) bond motifs is 4. The van der Waals surface area contributed by atoms with Gasteiger partial charge in [-0.2, -0.15) is 0 Å². The Morgan fingerprint density at radius 2 is 1.51 bits per heavy atom. The fourth-order valence-electron chi connectivity index (χ4n) is 6.13. The highest BCUT2D eigenvalue weighted by Gasteiger charge is 2.43. The Morgan fingerprint density at radius 1 is 0.882 bits per heavy atom. The van der Waals surface area contributed by atoms with Crippen molar-refractivity contribution in [1.82, 2.24) is 0 Å². The Morgan fingerprint density at radius 3 is 2.10 bits per heavy atom. The molecule has 0 saturated carbocycles. The van der Waals surface area contributed by atoms with Crippen molar-refractivity contribution in [3.05, 3.63) is 63.7 Å².